The maximum absolute atomic E-state index is 13.4. The molecule has 4 heteroatoms. The fraction of sp³-hybridized carbons (Fsp3) is 0.231. The monoisotopic (exact) mass is 237 g/mol. The van der Waals surface area contributed by atoms with Crippen LogP contribution in [0.25, 0.3) is 10.8 Å². The third kappa shape index (κ3) is 2.14. The summed E-state index contributed by atoms with van der Waals surface area (Å²) in [6.45, 7) is -1.25. The Morgan fingerprint density at radius 1 is 1.12 bits per heavy atom. The zero-order valence-electron chi connectivity index (χ0n) is 9.11. The van der Waals surface area contributed by atoms with E-state index in [1.807, 2.05) is 18.2 Å². The van der Waals surface area contributed by atoms with E-state index in [1.54, 1.807) is 24.3 Å². The van der Waals surface area contributed by atoms with Crippen LogP contribution in [0, 0.1) is 0 Å². The van der Waals surface area contributed by atoms with Gasteiger partial charge >= 0.3 is 0 Å². The molecule has 2 aromatic rings. The van der Waals surface area contributed by atoms with Crippen LogP contribution in [0.2, 0.25) is 0 Å². The van der Waals surface area contributed by atoms with E-state index in [0.717, 1.165) is 5.39 Å². The number of hydrogen-bond acceptors (Lipinski definition) is 2. The van der Waals surface area contributed by atoms with Gasteiger partial charge in [-0.05, 0) is 16.3 Å². The van der Waals surface area contributed by atoms with Crippen LogP contribution in [-0.4, -0.2) is 17.6 Å². The Bertz CT molecular complexity index is 522. The van der Waals surface area contributed by atoms with Gasteiger partial charge < -0.3 is 10.8 Å². The number of benzene rings is 2. The summed E-state index contributed by atoms with van der Waals surface area (Å²) in [5, 5.41) is 10.2. The molecule has 0 amide bonds. The van der Waals surface area contributed by atoms with Gasteiger partial charge in [0.2, 0.25) is 0 Å². The van der Waals surface area contributed by atoms with Gasteiger partial charge in [-0.15, -0.1) is 0 Å². The van der Waals surface area contributed by atoms with Crippen molar-refractivity contribution in [3.8, 4) is 0 Å². The first kappa shape index (κ1) is 12.0. The largest absolute Gasteiger partial charge is 0.390 e. The van der Waals surface area contributed by atoms with Gasteiger partial charge in [0, 0.05) is 0 Å². The fourth-order valence-corrected chi connectivity index (χ4v) is 1.85. The average molecular weight is 237 g/mol. The van der Waals surface area contributed by atoms with Gasteiger partial charge in [0.15, 0.2) is 0 Å². The molecule has 1 atom stereocenters. The van der Waals surface area contributed by atoms with Crippen molar-refractivity contribution in [2.75, 3.05) is 6.61 Å². The van der Waals surface area contributed by atoms with Gasteiger partial charge in [-0.3, -0.25) is 0 Å². The van der Waals surface area contributed by atoms with Crippen LogP contribution in [0.4, 0.5) is 8.78 Å². The second-order valence-corrected chi connectivity index (χ2v) is 3.97. The SMILES string of the molecule is N[C@@H](c1cccc2ccccc12)C(F)(F)CO. The molecule has 2 nitrogen and oxygen atoms in total. The van der Waals surface area contributed by atoms with Crippen LogP contribution < -0.4 is 5.73 Å². The molecule has 0 aliphatic rings. The van der Waals surface area contributed by atoms with E-state index in [2.05, 4.69) is 0 Å². The molecule has 0 saturated carbocycles. The van der Waals surface area contributed by atoms with Crippen molar-refractivity contribution in [2.45, 2.75) is 12.0 Å². The molecule has 0 radical (unpaired) electrons. The number of hydrogen-bond donors (Lipinski definition) is 2. The Labute approximate surface area is 97.7 Å². The summed E-state index contributed by atoms with van der Waals surface area (Å²) in [4.78, 5) is 0. The van der Waals surface area contributed by atoms with E-state index in [9.17, 15) is 8.78 Å². The molecular weight excluding hydrogens is 224 g/mol. The smallest absolute Gasteiger partial charge is 0.289 e. The summed E-state index contributed by atoms with van der Waals surface area (Å²) in [6.07, 6.45) is 0. The van der Waals surface area contributed by atoms with Gasteiger partial charge in [-0.25, -0.2) is 8.78 Å². The zero-order chi connectivity index (χ0) is 12.5. The minimum absolute atomic E-state index is 0.349. The van der Waals surface area contributed by atoms with Crippen LogP contribution >= 0.6 is 0 Å². The van der Waals surface area contributed by atoms with E-state index < -0.39 is 18.6 Å². The first-order chi connectivity index (χ1) is 8.06. The van der Waals surface area contributed by atoms with Crippen molar-refractivity contribution in [3.05, 3.63) is 48.0 Å². The molecule has 2 aromatic carbocycles. The van der Waals surface area contributed by atoms with Crippen molar-refractivity contribution in [1.29, 1.82) is 0 Å². The first-order valence-electron chi connectivity index (χ1n) is 5.28. The average Bonchev–Trinajstić information content (AvgIpc) is 2.37. The standard InChI is InChI=1S/C13H13F2NO/c14-13(15,8-17)12(16)11-7-3-5-9-4-1-2-6-10(9)11/h1-7,12,17H,8,16H2/t12-/m0/s1. The van der Waals surface area contributed by atoms with E-state index in [-0.39, 0.29) is 0 Å². The Hall–Kier alpha value is -1.52. The molecule has 0 aromatic heterocycles. The lowest BCUT2D eigenvalue weighted by atomic mass is 9.95. The molecule has 0 aliphatic carbocycles. The zero-order valence-corrected chi connectivity index (χ0v) is 9.11. The third-order valence-corrected chi connectivity index (χ3v) is 2.82. The topological polar surface area (TPSA) is 46.2 Å². The van der Waals surface area contributed by atoms with E-state index in [4.69, 9.17) is 10.8 Å². The number of alkyl halides is 2. The molecule has 90 valence electrons. The maximum atomic E-state index is 13.4. The van der Waals surface area contributed by atoms with Crippen molar-refractivity contribution in [3.63, 3.8) is 0 Å². The van der Waals surface area contributed by atoms with Crippen LogP contribution in [0.3, 0.4) is 0 Å². The van der Waals surface area contributed by atoms with Crippen molar-refractivity contribution in [1.82, 2.24) is 0 Å². The Kier molecular flexibility index (Phi) is 3.09. The Balaban J connectivity index is 2.56. The lowest BCUT2D eigenvalue weighted by Gasteiger charge is -2.22. The third-order valence-electron chi connectivity index (χ3n) is 2.82. The molecule has 0 unspecified atom stereocenters. The molecule has 0 bridgehead atoms. The first-order valence-corrected chi connectivity index (χ1v) is 5.28. The summed E-state index contributed by atoms with van der Waals surface area (Å²) in [7, 11) is 0. The second-order valence-electron chi connectivity index (χ2n) is 3.97. The molecule has 3 N–H and O–H groups in total. The molecule has 0 fully saturated rings. The molecule has 0 saturated heterocycles. The van der Waals surface area contributed by atoms with Crippen molar-refractivity contribution < 1.29 is 13.9 Å². The van der Waals surface area contributed by atoms with Crippen LogP contribution in [0.15, 0.2) is 42.5 Å². The predicted octanol–water partition coefficient (Wildman–Crippen LogP) is 2.47. The highest BCUT2D eigenvalue weighted by molar-refractivity contribution is 5.86. The van der Waals surface area contributed by atoms with Crippen molar-refractivity contribution >= 4 is 10.8 Å². The second kappa shape index (κ2) is 4.39. The summed E-state index contributed by atoms with van der Waals surface area (Å²) in [5.41, 5.74) is 5.89. The number of rotatable bonds is 3. The number of nitrogens with two attached hydrogens (primary N) is 1. The predicted molar refractivity (Wildman–Crippen MR) is 62.9 cm³/mol. The Morgan fingerprint density at radius 3 is 2.47 bits per heavy atom. The molecule has 0 spiro atoms. The minimum atomic E-state index is -3.32. The van der Waals surface area contributed by atoms with Crippen LogP contribution in [0.5, 0.6) is 0 Å². The lowest BCUT2D eigenvalue weighted by molar-refractivity contribution is -0.0708. The molecule has 17 heavy (non-hydrogen) atoms. The fourth-order valence-electron chi connectivity index (χ4n) is 1.85. The maximum Gasteiger partial charge on any atom is 0.289 e. The van der Waals surface area contributed by atoms with Crippen LogP contribution in [0.1, 0.15) is 11.6 Å². The number of aliphatic hydroxyl groups is 1. The highest BCUT2D eigenvalue weighted by atomic mass is 19.3. The molecule has 0 heterocycles. The summed E-state index contributed by atoms with van der Waals surface area (Å²) >= 11 is 0. The molecular formula is C13H13F2NO. The number of halogens is 2. The highest BCUT2D eigenvalue weighted by Crippen LogP contribution is 2.32. The summed E-state index contributed by atoms with van der Waals surface area (Å²) in [5.74, 6) is -3.32. The molecule has 2 rings (SSSR count). The lowest BCUT2D eigenvalue weighted by Crippen LogP contribution is -2.36. The number of fused-ring (bicyclic) bond motifs is 1. The summed E-state index contributed by atoms with van der Waals surface area (Å²) < 4.78 is 26.8. The van der Waals surface area contributed by atoms with Gasteiger partial charge in [0.25, 0.3) is 5.92 Å². The van der Waals surface area contributed by atoms with Gasteiger partial charge in [-0.1, -0.05) is 42.5 Å². The van der Waals surface area contributed by atoms with E-state index in [1.165, 1.54) is 0 Å². The van der Waals surface area contributed by atoms with E-state index >= 15 is 0 Å². The van der Waals surface area contributed by atoms with E-state index in [0.29, 0.717) is 10.9 Å². The highest BCUT2D eigenvalue weighted by Gasteiger charge is 2.37. The summed E-state index contributed by atoms with van der Waals surface area (Å²) in [6, 6.07) is 10.8. The quantitative estimate of drug-likeness (QED) is 0.861. The van der Waals surface area contributed by atoms with Gasteiger partial charge in [-0.2, -0.15) is 0 Å². The Morgan fingerprint density at radius 2 is 1.76 bits per heavy atom. The van der Waals surface area contributed by atoms with Crippen LogP contribution in [-0.2, 0) is 0 Å². The van der Waals surface area contributed by atoms with Crippen molar-refractivity contribution in [2.24, 2.45) is 5.73 Å². The number of aliphatic hydroxyl groups excluding tert-OH is 1. The normalized spacial score (nSPS) is 13.9. The minimum Gasteiger partial charge on any atom is -0.390 e. The van der Waals surface area contributed by atoms with Gasteiger partial charge in [0.05, 0.1) is 6.04 Å². The van der Waals surface area contributed by atoms with Gasteiger partial charge in [0.1, 0.15) is 6.61 Å². The molecule has 0 aliphatic heterocycles.